The SMILES string of the molecule is COc1ccc(C/C(C)=C/C(=O)O)c(OC)c1. The molecule has 4 nitrogen and oxygen atoms in total. The minimum absolute atomic E-state index is 0.541. The zero-order valence-electron chi connectivity index (χ0n) is 10.2. The maximum Gasteiger partial charge on any atom is 0.328 e. The highest BCUT2D eigenvalue weighted by Gasteiger charge is 2.06. The monoisotopic (exact) mass is 236 g/mol. The first-order valence-electron chi connectivity index (χ1n) is 5.17. The maximum atomic E-state index is 10.5. The van der Waals surface area contributed by atoms with Crippen molar-refractivity contribution >= 4 is 5.97 Å². The summed E-state index contributed by atoms with van der Waals surface area (Å²) in [6.07, 6.45) is 1.74. The number of hydrogen-bond donors (Lipinski definition) is 1. The molecule has 0 aliphatic carbocycles. The lowest BCUT2D eigenvalue weighted by atomic mass is 10.0. The average Bonchev–Trinajstić information content (AvgIpc) is 2.28. The van der Waals surface area contributed by atoms with Crippen LogP contribution in [0, 0.1) is 0 Å². The summed E-state index contributed by atoms with van der Waals surface area (Å²) in [5, 5.41) is 8.64. The zero-order valence-corrected chi connectivity index (χ0v) is 10.2. The van der Waals surface area contributed by atoms with E-state index in [1.807, 2.05) is 12.1 Å². The van der Waals surface area contributed by atoms with Gasteiger partial charge in [-0.3, -0.25) is 0 Å². The molecule has 0 spiro atoms. The fourth-order valence-corrected chi connectivity index (χ4v) is 1.56. The first-order chi connectivity index (χ1) is 8.06. The molecule has 1 aromatic carbocycles. The number of allylic oxidation sites excluding steroid dienone is 1. The Labute approximate surface area is 100 Å². The number of aliphatic carboxylic acids is 1. The van der Waals surface area contributed by atoms with Crippen LogP contribution in [0.25, 0.3) is 0 Å². The van der Waals surface area contributed by atoms with Gasteiger partial charge in [0.2, 0.25) is 0 Å². The van der Waals surface area contributed by atoms with Crippen molar-refractivity contribution in [2.75, 3.05) is 14.2 Å². The molecule has 0 saturated heterocycles. The van der Waals surface area contributed by atoms with E-state index < -0.39 is 5.97 Å². The molecule has 4 heteroatoms. The molecule has 0 aromatic heterocycles. The predicted molar refractivity (Wildman–Crippen MR) is 64.6 cm³/mol. The first-order valence-corrected chi connectivity index (χ1v) is 5.17. The van der Waals surface area contributed by atoms with Crippen LogP contribution < -0.4 is 9.47 Å². The summed E-state index contributed by atoms with van der Waals surface area (Å²) in [7, 11) is 3.17. The van der Waals surface area contributed by atoms with Crippen LogP contribution in [0.4, 0.5) is 0 Å². The Morgan fingerprint density at radius 3 is 2.59 bits per heavy atom. The number of benzene rings is 1. The minimum atomic E-state index is -0.935. The maximum absolute atomic E-state index is 10.5. The molecule has 0 aliphatic heterocycles. The normalized spacial score (nSPS) is 11.1. The quantitative estimate of drug-likeness (QED) is 0.797. The Balaban J connectivity index is 2.94. The van der Waals surface area contributed by atoms with Crippen LogP contribution in [-0.2, 0) is 11.2 Å². The first kappa shape index (κ1) is 13.1. The third-order valence-corrected chi connectivity index (χ3v) is 2.33. The minimum Gasteiger partial charge on any atom is -0.497 e. The third-order valence-electron chi connectivity index (χ3n) is 2.33. The topological polar surface area (TPSA) is 55.8 Å². The number of carboxylic acids is 1. The van der Waals surface area contributed by atoms with E-state index in [4.69, 9.17) is 14.6 Å². The number of ether oxygens (including phenoxy) is 2. The summed E-state index contributed by atoms with van der Waals surface area (Å²) in [6, 6.07) is 5.48. The van der Waals surface area contributed by atoms with Crippen molar-refractivity contribution in [3.63, 3.8) is 0 Å². The van der Waals surface area contributed by atoms with E-state index in [1.165, 1.54) is 6.08 Å². The van der Waals surface area contributed by atoms with Crippen molar-refractivity contribution in [1.82, 2.24) is 0 Å². The standard InChI is InChI=1S/C13H16O4/c1-9(7-13(14)15)6-10-4-5-11(16-2)8-12(10)17-3/h4-5,7-8H,6H2,1-3H3,(H,14,15)/b9-7+. The van der Waals surface area contributed by atoms with Crippen molar-refractivity contribution in [2.24, 2.45) is 0 Å². The van der Waals surface area contributed by atoms with Crippen LogP contribution in [0.15, 0.2) is 29.8 Å². The molecule has 0 atom stereocenters. The molecule has 1 N–H and O–H groups in total. The van der Waals surface area contributed by atoms with Crippen molar-refractivity contribution < 1.29 is 19.4 Å². The van der Waals surface area contributed by atoms with E-state index in [-0.39, 0.29) is 0 Å². The van der Waals surface area contributed by atoms with Gasteiger partial charge >= 0.3 is 5.97 Å². The van der Waals surface area contributed by atoms with Gasteiger partial charge in [0, 0.05) is 12.1 Å². The van der Waals surface area contributed by atoms with Crippen molar-refractivity contribution in [1.29, 1.82) is 0 Å². The van der Waals surface area contributed by atoms with Crippen LogP contribution in [0.2, 0.25) is 0 Å². The molecular weight excluding hydrogens is 220 g/mol. The molecule has 1 aromatic rings. The van der Waals surface area contributed by atoms with Gasteiger partial charge < -0.3 is 14.6 Å². The Hall–Kier alpha value is -1.97. The summed E-state index contributed by atoms with van der Waals surface area (Å²) in [4.78, 5) is 10.5. The van der Waals surface area contributed by atoms with Gasteiger partial charge in [0.1, 0.15) is 11.5 Å². The second kappa shape index (κ2) is 5.94. The van der Waals surface area contributed by atoms with Gasteiger partial charge in [-0.25, -0.2) is 4.79 Å². The van der Waals surface area contributed by atoms with E-state index >= 15 is 0 Å². The molecule has 0 aliphatic rings. The van der Waals surface area contributed by atoms with Gasteiger partial charge in [-0.05, 0) is 25.0 Å². The molecule has 0 amide bonds. The second-order valence-corrected chi connectivity index (χ2v) is 3.68. The summed E-state index contributed by atoms with van der Waals surface area (Å²) in [5.74, 6) is 0.475. The van der Waals surface area contributed by atoms with Crippen LogP contribution in [0.5, 0.6) is 11.5 Å². The van der Waals surface area contributed by atoms with Crippen LogP contribution in [-0.4, -0.2) is 25.3 Å². The van der Waals surface area contributed by atoms with E-state index in [1.54, 1.807) is 27.2 Å². The van der Waals surface area contributed by atoms with Gasteiger partial charge in [-0.1, -0.05) is 11.6 Å². The molecule has 0 unspecified atom stereocenters. The van der Waals surface area contributed by atoms with Crippen LogP contribution >= 0.6 is 0 Å². The fraction of sp³-hybridized carbons (Fsp3) is 0.308. The average molecular weight is 236 g/mol. The van der Waals surface area contributed by atoms with Crippen molar-refractivity contribution in [3.8, 4) is 11.5 Å². The summed E-state index contributed by atoms with van der Waals surface area (Å²) in [5.41, 5.74) is 1.70. The Morgan fingerprint density at radius 1 is 1.35 bits per heavy atom. The lowest BCUT2D eigenvalue weighted by molar-refractivity contribution is -0.131. The fourth-order valence-electron chi connectivity index (χ4n) is 1.56. The van der Waals surface area contributed by atoms with E-state index in [0.29, 0.717) is 17.9 Å². The molecule has 1 rings (SSSR count). The van der Waals surface area contributed by atoms with Crippen molar-refractivity contribution in [3.05, 3.63) is 35.4 Å². The molecule has 0 fully saturated rings. The Bertz CT molecular complexity index is 435. The van der Waals surface area contributed by atoms with E-state index in [2.05, 4.69) is 0 Å². The van der Waals surface area contributed by atoms with E-state index in [9.17, 15) is 4.79 Å². The third kappa shape index (κ3) is 3.83. The number of hydrogen-bond acceptors (Lipinski definition) is 3. The number of carbonyl (C=O) groups is 1. The van der Waals surface area contributed by atoms with Gasteiger partial charge in [0.15, 0.2) is 0 Å². The van der Waals surface area contributed by atoms with Gasteiger partial charge in [-0.15, -0.1) is 0 Å². The van der Waals surface area contributed by atoms with Gasteiger partial charge in [-0.2, -0.15) is 0 Å². The molecule has 92 valence electrons. The van der Waals surface area contributed by atoms with Gasteiger partial charge in [0.25, 0.3) is 0 Å². The van der Waals surface area contributed by atoms with E-state index in [0.717, 1.165) is 11.1 Å². The molecular formula is C13H16O4. The number of methoxy groups -OCH3 is 2. The molecule has 0 bridgehead atoms. The summed E-state index contributed by atoms with van der Waals surface area (Å²) >= 11 is 0. The molecule has 0 saturated carbocycles. The van der Waals surface area contributed by atoms with Crippen molar-refractivity contribution in [2.45, 2.75) is 13.3 Å². The Kier molecular flexibility index (Phi) is 4.57. The van der Waals surface area contributed by atoms with Crippen LogP contribution in [0.3, 0.4) is 0 Å². The Morgan fingerprint density at radius 2 is 2.06 bits per heavy atom. The highest BCUT2D eigenvalue weighted by molar-refractivity contribution is 5.80. The lowest BCUT2D eigenvalue weighted by Gasteiger charge is -2.10. The number of rotatable bonds is 5. The predicted octanol–water partition coefficient (Wildman–Crippen LogP) is 2.28. The molecule has 0 radical (unpaired) electrons. The largest absolute Gasteiger partial charge is 0.497 e. The zero-order chi connectivity index (χ0) is 12.8. The second-order valence-electron chi connectivity index (χ2n) is 3.68. The van der Waals surface area contributed by atoms with Gasteiger partial charge in [0.05, 0.1) is 14.2 Å². The summed E-state index contributed by atoms with van der Waals surface area (Å²) < 4.78 is 10.3. The highest BCUT2D eigenvalue weighted by Crippen LogP contribution is 2.26. The summed E-state index contributed by atoms with van der Waals surface area (Å²) in [6.45, 7) is 1.78. The smallest absolute Gasteiger partial charge is 0.328 e. The highest BCUT2D eigenvalue weighted by atomic mass is 16.5. The molecule has 0 heterocycles. The van der Waals surface area contributed by atoms with Crippen LogP contribution in [0.1, 0.15) is 12.5 Å². The lowest BCUT2D eigenvalue weighted by Crippen LogP contribution is -1.97. The molecule has 17 heavy (non-hydrogen) atoms. The number of carboxylic acid groups (broad SMARTS) is 1.